The second-order valence-corrected chi connectivity index (χ2v) is 15.1. The third-order valence-corrected chi connectivity index (χ3v) is 11.0. The summed E-state index contributed by atoms with van der Waals surface area (Å²) in [6.07, 6.45) is 1.82. The number of benzene rings is 3. The van der Waals surface area contributed by atoms with Crippen molar-refractivity contribution in [2.45, 2.75) is 33.4 Å². The number of esters is 1. The molecule has 2 heterocycles. The highest BCUT2D eigenvalue weighted by atomic mass is 127. The van der Waals surface area contributed by atoms with Crippen molar-refractivity contribution in [1.82, 2.24) is 4.57 Å². The molecule has 14 heteroatoms. The molecule has 1 aliphatic rings. The number of thiazole rings is 1. The molecule has 0 radical (unpaired) electrons. The monoisotopic (exact) mass is 982 g/mol. The van der Waals surface area contributed by atoms with Crippen LogP contribution in [0.3, 0.4) is 0 Å². The molecule has 0 unspecified atom stereocenters. The first-order chi connectivity index (χ1) is 22.5. The molecule has 0 spiro atoms. The first-order valence-corrected chi connectivity index (χ1v) is 18.7. The molecule has 246 valence electrons. The van der Waals surface area contributed by atoms with Gasteiger partial charge < -0.3 is 18.9 Å². The van der Waals surface area contributed by atoms with Gasteiger partial charge in [-0.1, -0.05) is 56.5 Å². The second kappa shape index (κ2) is 15.6. The number of methoxy groups -OCH3 is 1. The molecule has 4 aromatic rings. The first-order valence-electron chi connectivity index (χ1n) is 14.2. The minimum Gasteiger partial charge on any atom is -0.493 e. The average Bonchev–Trinajstić information content (AvgIpc) is 3.31. The van der Waals surface area contributed by atoms with E-state index >= 15 is 0 Å². The Hall–Kier alpha value is -2.11. The van der Waals surface area contributed by atoms with Crippen molar-refractivity contribution >= 4 is 108 Å². The molecule has 0 N–H and O–H groups in total. The Morgan fingerprint density at radius 2 is 1.79 bits per heavy atom. The summed E-state index contributed by atoms with van der Waals surface area (Å²) in [6, 6.07) is 11.9. The van der Waals surface area contributed by atoms with Crippen LogP contribution < -0.4 is 29.1 Å². The number of rotatable bonds is 10. The number of aromatic nitrogens is 1. The molecule has 0 saturated heterocycles. The number of hydrogen-bond acceptors (Lipinski definition) is 8. The zero-order chi connectivity index (χ0) is 34.0. The fourth-order valence-corrected chi connectivity index (χ4v) is 9.19. The van der Waals surface area contributed by atoms with Crippen molar-refractivity contribution in [1.29, 1.82) is 0 Å². The van der Waals surface area contributed by atoms with Gasteiger partial charge in [-0.2, -0.15) is 0 Å². The maximum atomic E-state index is 14.2. The van der Waals surface area contributed by atoms with Gasteiger partial charge in [0.1, 0.15) is 12.4 Å². The van der Waals surface area contributed by atoms with Crippen molar-refractivity contribution in [2.24, 2.45) is 4.99 Å². The van der Waals surface area contributed by atoms with E-state index in [0.717, 1.165) is 18.3 Å². The average molecular weight is 984 g/mol. The minimum atomic E-state index is -0.831. The van der Waals surface area contributed by atoms with E-state index in [1.54, 1.807) is 49.8 Å². The zero-order valence-electron chi connectivity index (χ0n) is 25.5. The Labute approximate surface area is 320 Å². The first kappa shape index (κ1) is 36.2. The lowest BCUT2D eigenvalue weighted by Gasteiger charge is -2.26. The number of nitrogens with zero attached hydrogens (tertiary/aromatic N) is 2. The predicted octanol–water partition coefficient (Wildman–Crippen LogP) is 8.06. The molecular formula is C33H27BrCl2I2N2O6S. The lowest BCUT2D eigenvalue weighted by atomic mass is 9.95. The van der Waals surface area contributed by atoms with E-state index in [9.17, 15) is 9.59 Å². The van der Waals surface area contributed by atoms with E-state index in [1.807, 2.05) is 31.2 Å². The summed E-state index contributed by atoms with van der Waals surface area (Å²) < 4.78 is 27.3. The van der Waals surface area contributed by atoms with E-state index in [-0.39, 0.29) is 24.3 Å². The lowest BCUT2D eigenvalue weighted by molar-refractivity contribution is -0.139. The van der Waals surface area contributed by atoms with Crippen molar-refractivity contribution < 1.29 is 23.7 Å². The third-order valence-electron chi connectivity index (χ3n) is 7.10. The van der Waals surface area contributed by atoms with Gasteiger partial charge in [0.25, 0.3) is 5.56 Å². The van der Waals surface area contributed by atoms with Crippen molar-refractivity contribution in [3.05, 3.63) is 112 Å². The summed E-state index contributed by atoms with van der Waals surface area (Å²) in [5, 5.41) is 1.09. The summed E-state index contributed by atoms with van der Waals surface area (Å²) in [5.74, 6) is 1.16. The van der Waals surface area contributed by atoms with Gasteiger partial charge in [0.15, 0.2) is 16.3 Å². The standard InChI is InChI=1S/C33H27BrCl2I2N2O6S/c1-5-44-26-14-21(34)20(13-25(26)43-4)29-28(32(42)45-6-2)16(3)39-33-40(29)31(41)27(47-33)11-17-9-23(37)30(24(38)10-17)46-15-18-7-8-19(35)12-22(18)36/h7-14,29H,5-6,15H2,1-4H3/b27-11+/t29-/m0/s1. The fraction of sp³-hybridized carbons (Fsp3) is 0.242. The number of carbonyl (C=O) groups is 1. The van der Waals surface area contributed by atoms with Gasteiger partial charge in [0.2, 0.25) is 0 Å². The third kappa shape index (κ3) is 7.72. The van der Waals surface area contributed by atoms with Crippen LogP contribution in [0, 0.1) is 7.14 Å². The number of ether oxygens (including phenoxy) is 4. The quantitative estimate of drug-likeness (QED) is 0.118. The van der Waals surface area contributed by atoms with Crippen LogP contribution in [-0.2, 0) is 16.1 Å². The maximum Gasteiger partial charge on any atom is 0.338 e. The zero-order valence-corrected chi connectivity index (χ0v) is 33.7. The van der Waals surface area contributed by atoms with Gasteiger partial charge in [0.05, 0.1) is 49.3 Å². The van der Waals surface area contributed by atoms with Gasteiger partial charge in [-0.3, -0.25) is 9.36 Å². The summed E-state index contributed by atoms with van der Waals surface area (Å²) in [6.45, 7) is 6.24. The number of halogens is 5. The molecule has 0 aliphatic carbocycles. The Bertz CT molecular complexity index is 2080. The van der Waals surface area contributed by atoms with Crippen LogP contribution in [0.25, 0.3) is 6.08 Å². The summed E-state index contributed by atoms with van der Waals surface area (Å²) in [5.41, 5.74) is 2.69. The highest BCUT2D eigenvalue weighted by molar-refractivity contribution is 14.1. The van der Waals surface area contributed by atoms with E-state index in [0.29, 0.717) is 59.0 Å². The largest absolute Gasteiger partial charge is 0.493 e. The molecule has 0 amide bonds. The number of hydrogen-bond donors (Lipinski definition) is 0. The molecule has 3 aromatic carbocycles. The highest BCUT2D eigenvalue weighted by Crippen LogP contribution is 2.41. The molecule has 0 bridgehead atoms. The van der Waals surface area contributed by atoms with Crippen molar-refractivity contribution in [3.8, 4) is 17.2 Å². The van der Waals surface area contributed by atoms with Crippen molar-refractivity contribution in [3.63, 3.8) is 0 Å². The van der Waals surface area contributed by atoms with Gasteiger partial charge in [-0.05, 0) is 120 Å². The van der Waals surface area contributed by atoms with Crippen LogP contribution in [0.15, 0.2) is 68.0 Å². The number of carbonyl (C=O) groups excluding carboxylic acids is 1. The van der Waals surface area contributed by atoms with E-state index in [1.165, 1.54) is 11.3 Å². The van der Waals surface area contributed by atoms with Crippen LogP contribution in [0.1, 0.15) is 43.5 Å². The predicted molar refractivity (Wildman–Crippen MR) is 205 cm³/mol. The smallest absolute Gasteiger partial charge is 0.338 e. The van der Waals surface area contributed by atoms with Gasteiger partial charge in [0, 0.05) is 20.1 Å². The summed E-state index contributed by atoms with van der Waals surface area (Å²) >= 11 is 21.7. The fourth-order valence-electron chi connectivity index (χ4n) is 5.01. The molecule has 0 fully saturated rings. The van der Waals surface area contributed by atoms with E-state index < -0.39 is 12.0 Å². The van der Waals surface area contributed by atoms with Crippen LogP contribution in [-0.4, -0.2) is 30.9 Å². The molecule has 47 heavy (non-hydrogen) atoms. The van der Waals surface area contributed by atoms with Gasteiger partial charge >= 0.3 is 5.97 Å². The number of fused-ring (bicyclic) bond motifs is 1. The normalized spacial score (nSPS) is 14.5. The van der Waals surface area contributed by atoms with Crippen molar-refractivity contribution in [2.75, 3.05) is 20.3 Å². The summed E-state index contributed by atoms with van der Waals surface area (Å²) in [4.78, 5) is 32.7. The Morgan fingerprint density at radius 1 is 1.06 bits per heavy atom. The molecule has 5 rings (SSSR count). The maximum absolute atomic E-state index is 14.2. The van der Waals surface area contributed by atoms with E-state index in [4.69, 9.17) is 47.1 Å². The lowest BCUT2D eigenvalue weighted by Crippen LogP contribution is -2.40. The second-order valence-electron chi connectivity index (χ2n) is 10.1. The Kier molecular flexibility index (Phi) is 12.0. The van der Waals surface area contributed by atoms with Crippen LogP contribution >= 0.6 is 95.7 Å². The highest BCUT2D eigenvalue weighted by Gasteiger charge is 2.35. The Morgan fingerprint density at radius 3 is 2.43 bits per heavy atom. The number of allylic oxidation sites excluding steroid dienone is 1. The van der Waals surface area contributed by atoms with Crippen LogP contribution in [0.4, 0.5) is 0 Å². The topological polar surface area (TPSA) is 88.4 Å². The molecular weight excluding hydrogens is 957 g/mol. The van der Waals surface area contributed by atoms with Gasteiger partial charge in [-0.15, -0.1) is 0 Å². The molecule has 0 saturated carbocycles. The molecule has 1 aliphatic heterocycles. The van der Waals surface area contributed by atoms with Gasteiger partial charge in [-0.25, -0.2) is 9.79 Å². The van der Waals surface area contributed by atoms with Crippen LogP contribution in [0.5, 0.6) is 17.2 Å². The minimum absolute atomic E-state index is 0.171. The van der Waals surface area contributed by atoms with E-state index in [2.05, 4.69) is 61.1 Å². The SMILES string of the molecule is CCOC(=O)C1=C(C)N=c2s/c(=C/c3cc(I)c(OCc4ccc(Cl)cc4Cl)c(I)c3)c(=O)n2[C@H]1c1cc(OC)c(OCC)cc1Br. The summed E-state index contributed by atoms with van der Waals surface area (Å²) in [7, 11) is 1.54. The molecule has 1 aromatic heterocycles. The van der Waals surface area contributed by atoms with Crippen LogP contribution in [0.2, 0.25) is 10.0 Å². The molecule has 8 nitrogen and oxygen atoms in total. The Balaban J connectivity index is 1.60. The molecule has 1 atom stereocenters.